The van der Waals surface area contributed by atoms with E-state index in [9.17, 15) is 4.79 Å². The number of hydrogen-bond donors (Lipinski definition) is 1. The van der Waals surface area contributed by atoms with Crippen molar-refractivity contribution in [3.05, 3.63) is 45.8 Å². The van der Waals surface area contributed by atoms with Crippen LogP contribution in [-0.2, 0) is 17.8 Å². The molecule has 1 aliphatic rings. The number of hydrogen-bond acceptors (Lipinski definition) is 3. The van der Waals surface area contributed by atoms with Gasteiger partial charge in [0.2, 0.25) is 0 Å². The molecule has 1 aromatic carbocycles. The Balaban J connectivity index is 1.87. The average Bonchev–Trinajstić information content (AvgIpc) is 2.81. The third-order valence-electron chi connectivity index (χ3n) is 3.46. The molecule has 20 heavy (non-hydrogen) atoms. The van der Waals surface area contributed by atoms with E-state index in [1.165, 1.54) is 10.4 Å². The molecule has 0 bridgehead atoms. The predicted octanol–water partition coefficient (Wildman–Crippen LogP) is 3.51. The van der Waals surface area contributed by atoms with Crippen LogP contribution in [0.4, 0.5) is 0 Å². The van der Waals surface area contributed by atoms with Gasteiger partial charge < -0.3 is 5.11 Å². The number of nitrogens with zero attached hydrogens (tertiary/aromatic N) is 1. The third kappa shape index (κ3) is 2.73. The largest absolute Gasteiger partial charge is 0.480 e. The summed E-state index contributed by atoms with van der Waals surface area (Å²) in [6, 6.07) is 10.0. The Kier molecular flexibility index (Phi) is 3.78. The van der Waals surface area contributed by atoms with Gasteiger partial charge in [-0.3, -0.25) is 9.69 Å². The lowest BCUT2D eigenvalue weighted by atomic mass is 10.1. The minimum atomic E-state index is -0.767. The first-order chi connectivity index (χ1) is 9.63. The van der Waals surface area contributed by atoms with Crippen molar-refractivity contribution in [1.82, 2.24) is 4.90 Å². The van der Waals surface area contributed by atoms with Crippen LogP contribution >= 0.6 is 22.9 Å². The van der Waals surface area contributed by atoms with Crippen LogP contribution in [0.15, 0.2) is 30.3 Å². The average molecular weight is 308 g/mol. The lowest BCUT2D eigenvalue weighted by Gasteiger charge is -2.24. The summed E-state index contributed by atoms with van der Waals surface area (Å²) in [4.78, 5) is 15.2. The Morgan fingerprint density at radius 3 is 2.95 bits per heavy atom. The van der Waals surface area contributed by atoms with Gasteiger partial charge in [0.05, 0.1) is 6.54 Å². The number of aliphatic carboxylic acids is 1. The second kappa shape index (κ2) is 5.56. The number of benzene rings is 1. The Bertz CT molecular complexity index is 653. The van der Waals surface area contributed by atoms with E-state index in [2.05, 4.69) is 6.07 Å². The first-order valence-corrected chi connectivity index (χ1v) is 7.63. The normalized spacial score (nSPS) is 15.1. The summed E-state index contributed by atoms with van der Waals surface area (Å²) < 4.78 is 0. The summed E-state index contributed by atoms with van der Waals surface area (Å²) >= 11 is 7.95. The molecule has 0 saturated carbocycles. The van der Waals surface area contributed by atoms with E-state index in [0.717, 1.165) is 35.0 Å². The van der Waals surface area contributed by atoms with E-state index in [-0.39, 0.29) is 6.54 Å². The summed E-state index contributed by atoms with van der Waals surface area (Å²) in [7, 11) is 0. The van der Waals surface area contributed by atoms with Gasteiger partial charge in [0.15, 0.2) is 0 Å². The fourth-order valence-corrected chi connectivity index (χ4v) is 4.08. The minimum Gasteiger partial charge on any atom is -0.480 e. The fraction of sp³-hybridized carbons (Fsp3) is 0.267. The third-order valence-corrected chi connectivity index (χ3v) is 4.98. The molecule has 1 aliphatic heterocycles. The molecule has 0 spiro atoms. The molecular weight excluding hydrogens is 294 g/mol. The van der Waals surface area contributed by atoms with Crippen LogP contribution in [0.25, 0.3) is 10.4 Å². The predicted molar refractivity (Wildman–Crippen MR) is 81.4 cm³/mol. The fourth-order valence-electron chi connectivity index (χ4n) is 2.49. The highest BCUT2D eigenvalue weighted by Crippen LogP contribution is 2.37. The van der Waals surface area contributed by atoms with Crippen LogP contribution < -0.4 is 0 Å². The number of carbonyl (C=O) groups is 1. The number of halogens is 1. The Morgan fingerprint density at radius 1 is 1.40 bits per heavy atom. The molecule has 1 N–H and O–H groups in total. The quantitative estimate of drug-likeness (QED) is 0.943. The molecule has 2 aromatic rings. The van der Waals surface area contributed by atoms with Crippen molar-refractivity contribution < 1.29 is 9.90 Å². The number of carboxylic acids is 1. The molecule has 0 atom stereocenters. The van der Waals surface area contributed by atoms with E-state index in [4.69, 9.17) is 16.7 Å². The summed E-state index contributed by atoms with van der Waals surface area (Å²) in [6.45, 7) is 1.63. The second-order valence-corrected chi connectivity index (χ2v) is 6.44. The van der Waals surface area contributed by atoms with Gasteiger partial charge in [-0.2, -0.15) is 0 Å². The molecule has 1 aromatic heterocycles. The minimum absolute atomic E-state index is 0.110. The van der Waals surface area contributed by atoms with Crippen LogP contribution in [0.3, 0.4) is 0 Å². The van der Waals surface area contributed by atoms with Crippen LogP contribution in [-0.4, -0.2) is 29.1 Å². The van der Waals surface area contributed by atoms with Gasteiger partial charge >= 0.3 is 5.97 Å². The zero-order chi connectivity index (χ0) is 14.1. The van der Waals surface area contributed by atoms with Gasteiger partial charge in [-0.05, 0) is 24.1 Å². The monoisotopic (exact) mass is 307 g/mol. The van der Waals surface area contributed by atoms with E-state index < -0.39 is 5.97 Å². The molecule has 2 heterocycles. The molecule has 3 nitrogen and oxygen atoms in total. The van der Waals surface area contributed by atoms with E-state index >= 15 is 0 Å². The Morgan fingerprint density at radius 2 is 2.20 bits per heavy atom. The van der Waals surface area contributed by atoms with E-state index in [1.807, 2.05) is 29.2 Å². The van der Waals surface area contributed by atoms with Crippen molar-refractivity contribution in [2.45, 2.75) is 13.0 Å². The Labute approximate surface area is 126 Å². The standard InChI is InChI=1S/C15H14ClNO2S/c16-12-4-2-1-3-11(12)13-7-10-5-6-17(9-15(18)19)8-14(10)20-13/h1-4,7H,5-6,8-9H2,(H,18,19). The lowest BCUT2D eigenvalue weighted by molar-refractivity contribution is -0.138. The van der Waals surface area contributed by atoms with Crippen LogP contribution in [0.1, 0.15) is 10.4 Å². The van der Waals surface area contributed by atoms with Crippen molar-refractivity contribution in [3.8, 4) is 10.4 Å². The van der Waals surface area contributed by atoms with Gasteiger partial charge in [0, 0.05) is 33.4 Å². The van der Waals surface area contributed by atoms with Gasteiger partial charge in [-0.1, -0.05) is 29.8 Å². The molecule has 104 valence electrons. The second-order valence-electron chi connectivity index (χ2n) is 4.89. The van der Waals surface area contributed by atoms with Crippen molar-refractivity contribution in [2.24, 2.45) is 0 Å². The smallest absolute Gasteiger partial charge is 0.317 e. The molecule has 0 unspecified atom stereocenters. The molecule has 3 rings (SSSR count). The Hall–Kier alpha value is -1.36. The molecule has 0 aliphatic carbocycles. The zero-order valence-electron chi connectivity index (χ0n) is 10.8. The van der Waals surface area contributed by atoms with Crippen molar-refractivity contribution in [2.75, 3.05) is 13.1 Å². The molecule has 0 radical (unpaired) electrons. The van der Waals surface area contributed by atoms with Crippen molar-refractivity contribution >= 4 is 28.9 Å². The molecule has 5 heteroatoms. The molecular formula is C15H14ClNO2S. The van der Waals surface area contributed by atoms with E-state index in [0.29, 0.717) is 0 Å². The van der Waals surface area contributed by atoms with Gasteiger partial charge in [-0.25, -0.2) is 0 Å². The van der Waals surface area contributed by atoms with Crippen LogP contribution in [0.2, 0.25) is 5.02 Å². The highest BCUT2D eigenvalue weighted by Gasteiger charge is 2.21. The lowest BCUT2D eigenvalue weighted by Crippen LogP contribution is -2.33. The SMILES string of the molecule is O=C(O)CN1CCc2cc(-c3ccccc3Cl)sc2C1. The van der Waals surface area contributed by atoms with Crippen molar-refractivity contribution in [1.29, 1.82) is 0 Å². The maximum absolute atomic E-state index is 10.8. The molecule has 0 saturated heterocycles. The maximum Gasteiger partial charge on any atom is 0.317 e. The molecule has 0 fully saturated rings. The number of thiophene rings is 1. The van der Waals surface area contributed by atoms with Gasteiger partial charge in [-0.15, -0.1) is 11.3 Å². The number of fused-ring (bicyclic) bond motifs is 1. The highest BCUT2D eigenvalue weighted by atomic mass is 35.5. The summed E-state index contributed by atoms with van der Waals surface area (Å²) in [5.41, 5.74) is 2.38. The number of carboxylic acid groups (broad SMARTS) is 1. The summed E-state index contributed by atoms with van der Waals surface area (Å²) in [5.74, 6) is -0.767. The van der Waals surface area contributed by atoms with E-state index in [1.54, 1.807) is 11.3 Å². The summed E-state index contributed by atoms with van der Waals surface area (Å²) in [5, 5.41) is 9.64. The number of rotatable bonds is 3. The van der Waals surface area contributed by atoms with Crippen LogP contribution in [0.5, 0.6) is 0 Å². The topological polar surface area (TPSA) is 40.5 Å². The summed E-state index contributed by atoms with van der Waals surface area (Å²) in [6.07, 6.45) is 0.906. The van der Waals surface area contributed by atoms with Gasteiger partial charge in [0.25, 0.3) is 0 Å². The molecule has 0 amide bonds. The first-order valence-electron chi connectivity index (χ1n) is 6.44. The first kappa shape index (κ1) is 13.6. The maximum atomic E-state index is 10.8. The zero-order valence-corrected chi connectivity index (χ0v) is 12.4. The van der Waals surface area contributed by atoms with Gasteiger partial charge in [0.1, 0.15) is 0 Å². The highest BCUT2D eigenvalue weighted by molar-refractivity contribution is 7.15. The van der Waals surface area contributed by atoms with Crippen LogP contribution in [0, 0.1) is 0 Å². The van der Waals surface area contributed by atoms with Crippen molar-refractivity contribution in [3.63, 3.8) is 0 Å².